The maximum atomic E-state index is 11.8. The Kier molecular flexibility index (Phi) is 4.86. The van der Waals surface area contributed by atoms with Crippen LogP contribution in [0.25, 0.3) is 5.65 Å². The van der Waals surface area contributed by atoms with Crippen molar-refractivity contribution in [1.29, 1.82) is 0 Å². The Hall–Kier alpha value is -3.15. The number of carbonyl (C=O) groups is 2. The molecule has 2 aromatic heterocycles. The van der Waals surface area contributed by atoms with Crippen LogP contribution in [0.3, 0.4) is 0 Å². The number of imidazole rings is 1. The highest BCUT2D eigenvalue weighted by Crippen LogP contribution is 2.15. The summed E-state index contributed by atoms with van der Waals surface area (Å²) in [7, 11) is 0. The fourth-order valence-electron chi connectivity index (χ4n) is 2.34. The molecule has 1 aromatic carbocycles. The molecule has 3 rings (SSSR count). The van der Waals surface area contributed by atoms with Crippen molar-refractivity contribution in [3.63, 3.8) is 0 Å². The summed E-state index contributed by atoms with van der Waals surface area (Å²) in [6.07, 6.45) is 5.22. The van der Waals surface area contributed by atoms with Crippen LogP contribution in [-0.2, 0) is 11.2 Å². The second-order valence-corrected chi connectivity index (χ2v) is 5.24. The number of rotatable bonds is 7. The first-order valence-corrected chi connectivity index (χ1v) is 7.62. The summed E-state index contributed by atoms with van der Waals surface area (Å²) < 4.78 is 7.32. The highest BCUT2D eigenvalue weighted by molar-refractivity contribution is 5.80. The zero-order valence-corrected chi connectivity index (χ0v) is 13.0. The highest BCUT2D eigenvalue weighted by atomic mass is 16.5. The number of pyridine rings is 1. The van der Waals surface area contributed by atoms with Crippen LogP contribution in [0.2, 0.25) is 0 Å². The molecule has 2 heterocycles. The van der Waals surface area contributed by atoms with Crippen molar-refractivity contribution in [2.24, 2.45) is 0 Å². The van der Waals surface area contributed by atoms with Gasteiger partial charge in [-0.3, -0.25) is 9.59 Å². The molecule has 0 aliphatic carbocycles. The molecule has 0 radical (unpaired) electrons. The van der Waals surface area contributed by atoms with E-state index in [-0.39, 0.29) is 12.5 Å². The Bertz CT molecular complexity index is 824. The number of nitrogens with one attached hydrogen (secondary N) is 1. The lowest BCUT2D eigenvalue weighted by atomic mass is 10.2. The number of carbonyl (C=O) groups excluding carboxylic acids is 2. The molecule has 0 atom stereocenters. The van der Waals surface area contributed by atoms with E-state index in [1.165, 1.54) is 0 Å². The second-order valence-electron chi connectivity index (χ2n) is 5.24. The molecular formula is C18H17N3O3. The van der Waals surface area contributed by atoms with E-state index in [0.717, 1.165) is 11.3 Å². The average molecular weight is 323 g/mol. The SMILES string of the molecule is O=Cc1ccccc1OCC(=O)NCCc1cn2ccccc2n1. The molecule has 0 saturated heterocycles. The maximum Gasteiger partial charge on any atom is 0.257 e. The average Bonchev–Trinajstić information content (AvgIpc) is 3.03. The Morgan fingerprint density at radius 2 is 2.04 bits per heavy atom. The minimum atomic E-state index is -0.237. The Balaban J connectivity index is 1.46. The number of ether oxygens (including phenoxy) is 1. The third-order valence-corrected chi connectivity index (χ3v) is 3.52. The van der Waals surface area contributed by atoms with Gasteiger partial charge in [-0.25, -0.2) is 4.98 Å². The molecule has 24 heavy (non-hydrogen) atoms. The van der Waals surface area contributed by atoms with E-state index in [1.807, 2.05) is 35.0 Å². The van der Waals surface area contributed by atoms with Gasteiger partial charge in [-0.05, 0) is 24.3 Å². The normalized spacial score (nSPS) is 10.5. The van der Waals surface area contributed by atoms with Gasteiger partial charge in [0.05, 0.1) is 11.3 Å². The minimum Gasteiger partial charge on any atom is -0.483 e. The summed E-state index contributed by atoms with van der Waals surface area (Å²) in [6, 6.07) is 12.6. The van der Waals surface area contributed by atoms with Gasteiger partial charge in [0.2, 0.25) is 0 Å². The predicted molar refractivity (Wildman–Crippen MR) is 89.2 cm³/mol. The van der Waals surface area contributed by atoms with Crippen LogP contribution >= 0.6 is 0 Å². The molecule has 1 N–H and O–H groups in total. The predicted octanol–water partition coefficient (Wildman–Crippen LogP) is 1.88. The smallest absolute Gasteiger partial charge is 0.257 e. The number of benzene rings is 1. The lowest BCUT2D eigenvalue weighted by Gasteiger charge is -2.08. The van der Waals surface area contributed by atoms with Crippen molar-refractivity contribution >= 4 is 17.8 Å². The van der Waals surface area contributed by atoms with Gasteiger partial charge in [-0.2, -0.15) is 0 Å². The van der Waals surface area contributed by atoms with Gasteiger partial charge >= 0.3 is 0 Å². The van der Waals surface area contributed by atoms with E-state index in [0.29, 0.717) is 30.6 Å². The summed E-state index contributed by atoms with van der Waals surface area (Å²) >= 11 is 0. The summed E-state index contributed by atoms with van der Waals surface area (Å²) in [5.41, 5.74) is 2.22. The summed E-state index contributed by atoms with van der Waals surface area (Å²) in [5.74, 6) is 0.169. The van der Waals surface area contributed by atoms with E-state index < -0.39 is 0 Å². The molecule has 6 nitrogen and oxygen atoms in total. The van der Waals surface area contributed by atoms with E-state index >= 15 is 0 Å². The van der Waals surface area contributed by atoms with E-state index in [4.69, 9.17) is 4.74 Å². The van der Waals surface area contributed by atoms with Gasteiger partial charge in [0.25, 0.3) is 5.91 Å². The number of fused-ring (bicyclic) bond motifs is 1. The molecular weight excluding hydrogens is 306 g/mol. The van der Waals surface area contributed by atoms with Gasteiger partial charge < -0.3 is 14.5 Å². The van der Waals surface area contributed by atoms with Crippen molar-refractivity contribution in [1.82, 2.24) is 14.7 Å². The first-order valence-electron chi connectivity index (χ1n) is 7.62. The summed E-state index contributed by atoms with van der Waals surface area (Å²) in [5, 5.41) is 2.78. The van der Waals surface area contributed by atoms with Gasteiger partial charge in [-0.15, -0.1) is 0 Å². The number of para-hydroxylation sites is 1. The van der Waals surface area contributed by atoms with E-state index in [9.17, 15) is 9.59 Å². The van der Waals surface area contributed by atoms with Gasteiger partial charge in [0.1, 0.15) is 11.4 Å². The van der Waals surface area contributed by atoms with Crippen molar-refractivity contribution in [2.45, 2.75) is 6.42 Å². The molecule has 6 heteroatoms. The quantitative estimate of drug-likeness (QED) is 0.674. The van der Waals surface area contributed by atoms with Crippen molar-refractivity contribution in [3.8, 4) is 5.75 Å². The van der Waals surface area contributed by atoms with Crippen LogP contribution in [0.1, 0.15) is 16.1 Å². The largest absolute Gasteiger partial charge is 0.483 e. The number of hydrogen-bond acceptors (Lipinski definition) is 4. The Morgan fingerprint density at radius 1 is 1.21 bits per heavy atom. The van der Waals surface area contributed by atoms with Gasteiger partial charge in [0, 0.05) is 25.4 Å². The standard InChI is InChI=1S/C18H17N3O3/c22-12-14-5-1-2-6-16(14)24-13-18(23)19-9-8-15-11-21-10-4-3-7-17(21)20-15/h1-7,10-12H,8-9,13H2,(H,19,23). The monoisotopic (exact) mass is 323 g/mol. The van der Waals surface area contributed by atoms with Crippen LogP contribution in [0.4, 0.5) is 0 Å². The van der Waals surface area contributed by atoms with Crippen LogP contribution in [-0.4, -0.2) is 34.7 Å². The van der Waals surface area contributed by atoms with Crippen molar-refractivity contribution in [3.05, 3.63) is 66.1 Å². The molecule has 3 aromatic rings. The molecule has 122 valence electrons. The van der Waals surface area contributed by atoms with Crippen molar-refractivity contribution in [2.75, 3.05) is 13.2 Å². The van der Waals surface area contributed by atoms with Crippen LogP contribution in [0.15, 0.2) is 54.9 Å². The second kappa shape index (κ2) is 7.41. The molecule has 0 fully saturated rings. The van der Waals surface area contributed by atoms with Crippen LogP contribution in [0, 0.1) is 0 Å². The van der Waals surface area contributed by atoms with Gasteiger partial charge in [-0.1, -0.05) is 18.2 Å². The number of hydrogen-bond donors (Lipinski definition) is 1. The van der Waals surface area contributed by atoms with Gasteiger partial charge in [0.15, 0.2) is 12.9 Å². The Labute approximate surface area is 139 Å². The van der Waals surface area contributed by atoms with Crippen molar-refractivity contribution < 1.29 is 14.3 Å². The zero-order chi connectivity index (χ0) is 16.8. The zero-order valence-electron chi connectivity index (χ0n) is 13.0. The lowest BCUT2D eigenvalue weighted by molar-refractivity contribution is -0.123. The number of aromatic nitrogens is 2. The van der Waals surface area contributed by atoms with E-state index in [2.05, 4.69) is 10.3 Å². The molecule has 0 aliphatic rings. The third kappa shape index (κ3) is 3.78. The Morgan fingerprint density at radius 3 is 2.88 bits per heavy atom. The number of nitrogens with zero attached hydrogens (tertiary/aromatic N) is 2. The fraction of sp³-hybridized carbons (Fsp3) is 0.167. The summed E-state index contributed by atoms with van der Waals surface area (Å²) in [6.45, 7) is 0.345. The van der Waals surface area contributed by atoms with Crippen LogP contribution in [0.5, 0.6) is 5.75 Å². The lowest BCUT2D eigenvalue weighted by Crippen LogP contribution is -2.30. The maximum absolute atomic E-state index is 11.8. The topological polar surface area (TPSA) is 72.7 Å². The molecule has 0 unspecified atom stereocenters. The van der Waals surface area contributed by atoms with Crippen LogP contribution < -0.4 is 10.1 Å². The first-order chi connectivity index (χ1) is 11.8. The molecule has 0 aliphatic heterocycles. The third-order valence-electron chi connectivity index (χ3n) is 3.52. The fourth-order valence-corrected chi connectivity index (χ4v) is 2.34. The molecule has 0 spiro atoms. The number of aldehydes is 1. The first kappa shape index (κ1) is 15.7. The van der Waals surface area contributed by atoms with E-state index in [1.54, 1.807) is 24.3 Å². The molecule has 0 bridgehead atoms. The summed E-state index contributed by atoms with van der Waals surface area (Å²) in [4.78, 5) is 27.2. The highest BCUT2D eigenvalue weighted by Gasteiger charge is 2.06. The molecule has 1 amide bonds. The number of amides is 1. The minimum absolute atomic E-state index is 0.129. The molecule has 0 saturated carbocycles.